The van der Waals surface area contributed by atoms with Gasteiger partial charge in [0, 0.05) is 17.9 Å². The predicted molar refractivity (Wildman–Crippen MR) is 48.4 cm³/mol. The Kier molecular flexibility index (Phi) is 5.42. The zero-order valence-electron chi connectivity index (χ0n) is 6.48. The van der Waals surface area contributed by atoms with Gasteiger partial charge >= 0.3 is 0 Å². The Labute approximate surface area is 74.7 Å². The fourth-order valence-electron chi connectivity index (χ4n) is 0.761. The molecule has 64 valence electrons. The van der Waals surface area contributed by atoms with E-state index in [1.165, 1.54) is 0 Å². The molecule has 0 radical (unpaired) electrons. The molecule has 0 amide bonds. The number of aliphatic hydroxyl groups is 1. The van der Waals surface area contributed by atoms with E-state index in [1.807, 2.05) is 0 Å². The van der Waals surface area contributed by atoms with Gasteiger partial charge in [0.15, 0.2) is 0 Å². The molecule has 0 aliphatic heterocycles. The summed E-state index contributed by atoms with van der Waals surface area (Å²) in [5, 5.41) is 9.30. The van der Waals surface area contributed by atoms with Gasteiger partial charge in [-0.2, -0.15) is 0 Å². The molecule has 0 rings (SSSR count). The van der Waals surface area contributed by atoms with E-state index in [0.29, 0.717) is 10.9 Å². The molecule has 0 bridgehead atoms. The van der Waals surface area contributed by atoms with Crippen molar-refractivity contribution in [2.75, 3.05) is 11.9 Å². The van der Waals surface area contributed by atoms with Gasteiger partial charge in [-0.05, 0) is 5.57 Å². The normalized spacial score (nSPS) is 14.7. The highest BCUT2D eigenvalue weighted by molar-refractivity contribution is 9.09. The van der Waals surface area contributed by atoms with Crippen molar-refractivity contribution in [1.29, 1.82) is 0 Å². The summed E-state index contributed by atoms with van der Waals surface area (Å²) < 4.78 is 12.6. The summed E-state index contributed by atoms with van der Waals surface area (Å²) in [6.07, 6.45) is 1.67. The van der Waals surface area contributed by atoms with Gasteiger partial charge in [0.2, 0.25) is 0 Å². The third-order valence-corrected chi connectivity index (χ3v) is 1.74. The number of halogens is 2. The van der Waals surface area contributed by atoms with Crippen LogP contribution in [0.5, 0.6) is 0 Å². The van der Waals surface area contributed by atoms with Gasteiger partial charge < -0.3 is 5.11 Å². The summed E-state index contributed by atoms with van der Waals surface area (Å²) in [6, 6.07) is 0. The van der Waals surface area contributed by atoms with E-state index >= 15 is 0 Å². The predicted octanol–water partition coefficient (Wildman–Crippen LogP) is 2.42. The minimum absolute atomic E-state index is 0.0538. The number of allylic oxidation sites excluding steroid dienone is 2. The van der Waals surface area contributed by atoms with E-state index in [4.69, 9.17) is 5.11 Å². The van der Waals surface area contributed by atoms with E-state index in [0.717, 1.165) is 0 Å². The van der Waals surface area contributed by atoms with Crippen molar-refractivity contribution in [1.82, 2.24) is 0 Å². The fourth-order valence-corrected chi connectivity index (χ4v) is 1.11. The average Bonchev–Trinajstić information content (AvgIpc) is 1.98. The van der Waals surface area contributed by atoms with E-state index in [2.05, 4.69) is 22.5 Å². The van der Waals surface area contributed by atoms with Crippen molar-refractivity contribution in [3.05, 3.63) is 24.1 Å². The standard InChI is InChI=1S/C8H12BrFO/c1-6(5-11)8(3-4-9)7(2)10/h3,6,11H,2,4-5H2,1H3. The van der Waals surface area contributed by atoms with E-state index < -0.39 is 5.83 Å². The maximum atomic E-state index is 12.6. The molecule has 0 aromatic carbocycles. The second-order valence-corrected chi connectivity index (χ2v) is 2.95. The van der Waals surface area contributed by atoms with Crippen LogP contribution < -0.4 is 0 Å². The molecule has 1 atom stereocenters. The quantitative estimate of drug-likeness (QED) is 0.573. The molecule has 0 fully saturated rings. The first-order valence-electron chi connectivity index (χ1n) is 3.35. The Morgan fingerprint density at radius 2 is 2.36 bits per heavy atom. The van der Waals surface area contributed by atoms with Crippen molar-refractivity contribution in [2.24, 2.45) is 5.92 Å². The lowest BCUT2D eigenvalue weighted by molar-refractivity contribution is 0.254. The third-order valence-electron chi connectivity index (χ3n) is 1.42. The van der Waals surface area contributed by atoms with Crippen LogP contribution in [0, 0.1) is 5.92 Å². The molecular formula is C8H12BrFO. The Balaban J connectivity index is 4.34. The largest absolute Gasteiger partial charge is 0.396 e. The summed E-state index contributed by atoms with van der Waals surface area (Å²) in [4.78, 5) is 0. The SMILES string of the molecule is C=C(F)C(=CCBr)C(C)CO. The zero-order chi connectivity index (χ0) is 8.85. The molecule has 0 spiro atoms. The Hall–Kier alpha value is -0.150. The molecular weight excluding hydrogens is 211 g/mol. The Bertz CT molecular complexity index is 165. The highest BCUT2D eigenvalue weighted by atomic mass is 79.9. The summed E-state index contributed by atoms with van der Waals surface area (Å²) in [5.74, 6) is -0.643. The summed E-state index contributed by atoms with van der Waals surface area (Å²) >= 11 is 3.15. The smallest absolute Gasteiger partial charge is 0.119 e. The molecule has 0 heterocycles. The third kappa shape index (κ3) is 3.68. The summed E-state index contributed by atoms with van der Waals surface area (Å²) in [5.41, 5.74) is 0.476. The van der Waals surface area contributed by atoms with Gasteiger partial charge in [-0.15, -0.1) is 0 Å². The topological polar surface area (TPSA) is 20.2 Å². The second-order valence-electron chi connectivity index (χ2n) is 2.30. The number of hydrogen-bond acceptors (Lipinski definition) is 1. The van der Waals surface area contributed by atoms with Gasteiger partial charge in [-0.25, -0.2) is 4.39 Å². The van der Waals surface area contributed by atoms with Crippen molar-refractivity contribution < 1.29 is 9.50 Å². The van der Waals surface area contributed by atoms with Gasteiger partial charge in [0.25, 0.3) is 0 Å². The number of alkyl halides is 1. The van der Waals surface area contributed by atoms with Crippen LogP contribution >= 0.6 is 15.9 Å². The molecule has 11 heavy (non-hydrogen) atoms. The molecule has 0 saturated heterocycles. The highest BCUT2D eigenvalue weighted by Crippen LogP contribution is 2.19. The van der Waals surface area contributed by atoms with Crippen LogP contribution in [-0.2, 0) is 0 Å². The maximum absolute atomic E-state index is 12.6. The minimum Gasteiger partial charge on any atom is -0.396 e. The summed E-state index contributed by atoms with van der Waals surface area (Å²) in [7, 11) is 0. The number of aliphatic hydroxyl groups excluding tert-OH is 1. The lowest BCUT2D eigenvalue weighted by atomic mass is 10.0. The molecule has 0 aliphatic carbocycles. The Morgan fingerprint density at radius 3 is 2.64 bits per heavy atom. The zero-order valence-corrected chi connectivity index (χ0v) is 8.07. The van der Waals surface area contributed by atoms with Crippen molar-refractivity contribution in [2.45, 2.75) is 6.92 Å². The second kappa shape index (κ2) is 5.49. The van der Waals surface area contributed by atoms with Gasteiger partial charge in [-0.3, -0.25) is 0 Å². The van der Waals surface area contributed by atoms with Gasteiger partial charge in [-0.1, -0.05) is 35.5 Å². The van der Waals surface area contributed by atoms with Crippen LogP contribution in [0.3, 0.4) is 0 Å². The van der Waals surface area contributed by atoms with Crippen molar-refractivity contribution in [3.63, 3.8) is 0 Å². The average molecular weight is 223 g/mol. The first-order chi connectivity index (χ1) is 5.13. The first-order valence-corrected chi connectivity index (χ1v) is 4.47. The fraction of sp³-hybridized carbons (Fsp3) is 0.500. The van der Waals surface area contributed by atoms with Crippen LogP contribution in [0.4, 0.5) is 4.39 Å². The highest BCUT2D eigenvalue weighted by Gasteiger charge is 2.09. The van der Waals surface area contributed by atoms with Crippen LogP contribution in [0.25, 0.3) is 0 Å². The van der Waals surface area contributed by atoms with Crippen LogP contribution in [0.15, 0.2) is 24.1 Å². The van der Waals surface area contributed by atoms with E-state index in [1.54, 1.807) is 13.0 Å². The number of hydrogen-bond donors (Lipinski definition) is 1. The summed E-state index contributed by atoms with van der Waals surface area (Å²) in [6.45, 7) is 4.87. The molecule has 0 aromatic heterocycles. The van der Waals surface area contributed by atoms with Crippen LogP contribution in [0.1, 0.15) is 6.92 Å². The monoisotopic (exact) mass is 222 g/mol. The molecule has 0 saturated carbocycles. The molecule has 1 nitrogen and oxygen atoms in total. The lowest BCUT2D eigenvalue weighted by Gasteiger charge is -2.09. The molecule has 1 unspecified atom stereocenters. The van der Waals surface area contributed by atoms with Gasteiger partial charge in [0.1, 0.15) is 5.83 Å². The van der Waals surface area contributed by atoms with Crippen molar-refractivity contribution in [3.8, 4) is 0 Å². The molecule has 0 aliphatic rings. The number of rotatable bonds is 4. The maximum Gasteiger partial charge on any atom is 0.119 e. The minimum atomic E-state index is -0.467. The molecule has 0 aromatic rings. The van der Waals surface area contributed by atoms with Gasteiger partial charge in [0.05, 0.1) is 0 Å². The van der Waals surface area contributed by atoms with Crippen molar-refractivity contribution >= 4 is 15.9 Å². The van der Waals surface area contributed by atoms with E-state index in [-0.39, 0.29) is 12.5 Å². The molecule has 1 N–H and O–H groups in total. The van der Waals surface area contributed by atoms with Crippen LogP contribution in [-0.4, -0.2) is 17.0 Å². The lowest BCUT2D eigenvalue weighted by Crippen LogP contribution is -2.05. The molecule has 3 heteroatoms. The first kappa shape index (κ1) is 10.8. The van der Waals surface area contributed by atoms with Crippen LogP contribution in [0.2, 0.25) is 0 Å². The van der Waals surface area contributed by atoms with E-state index in [9.17, 15) is 4.39 Å². The Morgan fingerprint density at radius 1 is 1.82 bits per heavy atom.